The lowest BCUT2D eigenvalue weighted by molar-refractivity contribution is 0.133. The van der Waals surface area contributed by atoms with Crippen molar-refractivity contribution in [2.75, 3.05) is 0 Å². The molecule has 1 fully saturated rings. The van der Waals surface area contributed by atoms with Crippen LogP contribution in [-0.4, -0.2) is 5.38 Å². The van der Waals surface area contributed by atoms with Crippen molar-refractivity contribution in [3.05, 3.63) is 34.9 Å². The Hall–Kier alpha value is -0.490. The fraction of sp³-hybridized carbons (Fsp3) is 0.667. The van der Waals surface area contributed by atoms with Gasteiger partial charge in [0.15, 0.2) is 0 Å². The average Bonchev–Trinajstić information content (AvgIpc) is 2.33. The predicted octanol–water partition coefficient (Wildman–Crippen LogP) is 5.67. The number of rotatable bonds is 3. The van der Waals surface area contributed by atoms with Crippen LogP contribution in [0.2, 0.25) is 0 Å². The van der Waals surface area contributed by atoms with Crippen molar-refractivity contribution < 1.29 is 0 Å². The lowest BCUT2D eigenvalue weighted by Crippen LogP contribution is -2.35. The van der Waals surface area contributed by atoms with Crippen molar-refractivity contribution in [1.29, 1.82) is 0 Å². The molecule has 1 saturated carbocycles. The van der Waals surface area contributed by atoms with Crippen molar-refractivity contribution in [2.24, 2.45) is 11.3 Å². The van der Waals surface area contributed by atoms with Gasteiger partial charge in [-0.05, 0) is 61.1 Å². The second-order valence-corrected chi connectivity index (χ2v) is 7.54. The molecule has 106 valence electrons. The Kier molecular flexibility index (Phi) is 4.61. The molecule has 0 aliphatic heterocycles. The molecule has 1 heteroatoms. The Morgan fingerprint density at radius 1 is 1.21 bits per heavy atom. The number of aryl methyl sites for hydroxylation is 2. The second-order valence-electron chi connectivity index (χ2n) is 6.98. The minimum absolute atomic E-state index is 0.275. The summed E-state index contributed by atoms with van der Waals surface area (Å²) in [7, 11) is 0. The molecular formula is C18H27Cl. The van der Waals surface area contributed by atoms with Gasteiger partial charge in [0, 0.05) is 5.38 Å². The number of benzene rings is 1. The topological polar surface area (TPSA) is 0 Å². The van der Waals surface area contributed by atoms with Gasteiger partial charge in [-0.2, -0.15) is 0 Å². The zero-order valence-electron chi connectivity index (χ0n) is 12.8. The van der Waals surface area contributed by atoms with Gasteiger partial charge in [0.2, 0.25) is 0 Å². The van der Waals surface area contributed by atoms with E-state index in [1.54, 1.807) is 0 Å². The van der Waals surface area contributed by atoms with Gasteiger partial charge >= 0.3 is 0 Å². The highest BCUT2D eigenvalue weighted by molar-refractivity contribution is 6.21. The van der Waals surface area contributed by atoms with E-state index in [2.05, 4.69) is 45.9 Å². The van der Waals surface area contributed by atoms with Crippen molar-refractivity contribution in [2.45, 2.75) is 65.2 Å². The van der Waals surface area contributed by atoms with E-state index in [-0.39, 0.29) is 5.38 Å². The highest BCUT2D eigenvalue weighted by atomic mass is 35.5. The van der Waals surface area contributed by atoms with Crippen LogP contribution in [-0.2, 0) is 6.42 Å². The van der Waals surface area contributed by atoms with Crippen molar-refractivity contribution >= 4 is 11.6 Å². The smallest absolute Gasteiger partial charge is 0.0409 e. The summed E-state index contributed by atoms with van der Waals surface area (Å²) in [6.45, 7) is 9.15. The van der Waals surface area contributed by atoms with Gasteiger partial charge in [0.05, 0.1) is 0 Å². The molecule has 0 nitrogen and oxygen atoms in total. The minimum atomic E-state index is 0.275. The highest BCUT2D eigenvalue weighted by Gasteiger charge is 2.36. The molecule has 0 saturated heterocycles. The van der Waals surface area contributed by atoms with Gasteiger partial charge in [-0.15, -0.1) is 11.6 Å². The molecular weight excluding hydrogens is 252 g/mol. The van der Waals surface area contributed by atoms with Gasteiger partial charge in [0.25, 0.3) is 0 Å². The molecule has 1 aromatic carbocycles. The Morgan fingerprint density at radius 2 is 1.95 bits per heavy atom. The first-order chi connectivity index (χ1) is 8.90. The van der Waals surface area contributed by atoms with Crippen LogP contribution in [0.5, 0.6) is 0 Å². The zero-order valence-corrected chi connectivity index (χ0v) is 13.6. The monoisotopic (exact) mass is 278 g/mol. The number of halogens is 1. The lowest BCUT2D eigenvalue weighted by atomic mass is 9.67. The van der Waals surface area contributed by atoms with Crippen LogP contribution in [0.15, 0.2) is 18.2 Å². The fourth-order valence-electron chi connectivity index (χ4n) is 3.49. The molecule has 0 N–H and O–H groups in total. The maximum atomic E-state index is 6.77. The predicted molar refractivity (Wildman–Crippen MR) is 85.0 cm³/mol. The summed E-state index contributed by atoms with van der Waals surface area (Å²) in [5, 5.41) is 0.275. The lowest BCUT2D eigenvalue weighted by Gasteiger charge is -2.41. The molecule has 2 atom stereocenters. The fourth-order valence-corrected chi connectivity index (χ4v) is 4.13. The van der Waals surface area contributed by atoms with E-state index in [4.69, 9.17) is 11.6 Å². The molecule has 0 spiro atoms. The molecule has 19 heavy (non-hydrogen) atoms. The molecule has 1 aliphatic rings. The molecule has 0 bridgehead atoms. The van der Waals surface area contributed by atoms with Gasteiger partial charge < -0.3 is 0 Å². The third kappa shape index (κ3) is 3.54. The summed E-state index contributed by atoms with van der Waals surface area (Å²) in [6.07, 6.45) is 6.36. The van der Waals surface area contributed by atoms with Gasteiger partial charge in [0.1, 0.15) is 0 Å². The number of hydrogen-bond donors (Lipinski definition) is 0. The van der Waals surface area contributed by atoms with Crippen LogP contribution in [0, 0.1) is 25.2 Å². The first-order valence-electron chi connectivity index (χ1n) is 7.60. The molecule has 0 aromatic heterocycles. The Labute approximate surface area is 123 Å². The summed E-state index contributed by atoms with van der Waals surface area (Å²) >= 11 is 6.77. The Bertz CT molecular complexity index is 433. The molecule has 1 aliphatic carbocycles. The molecule has 0 radical (unpaired) electrons. The van der Waals surface area contributed by atoms with E-state index in [1.165, 1.54) is 42.4 Å². The SMILES string of the molecule is Cc1ccc(CC(Cl)C2CCCCC2(C)C)cc1C. The second kappa shape index (κ2) is 5.87. The minimum Gasteiger partial charge on any atom is -0.122 e. The molecule has 1 aromatic rings. The van der Waals surface area contributed by atoms with Crippen LogP contribution in [0.1, 0.15) is 56.2 Å². The molecule has 2 unspecified atom stereocenters. The summed E-state index contributed by atoms with van der Waals surface area (Å²) < 4.78 is 0. The van der Waals surface area contributed by atoms with Gasteiger partial charge in [-0.1, -0.05) is 44.9 Å². The van der Waals surface area contributed by atoms with E-state index < -0.39 is 0 Å². The first-order valence-corrected chi connectivity index (χ1v) is 8.04. The summed E-state index contributed by atoms with van der Waals surface area (Å²) in [5.41, 5.74) is 4.55. The maximum absolute atomic E-state index is 6.77. The maximum Gasteiger partial charge on any atom is 0.0409 e. The van der Waals surface area contributed by atoms with E-state index in [0.29, 0.717) is 11.3 Å². The van der Waals surface area contributed by atoms with Crippen LogP contribution < -0.4 is 0 Å². The van der Waals surface area contributed by atoms with Crippen molar-refractivity contribution in [1.82, 2.24) is 0 Å². The number of alkyl halides is 1. The van der Waals surface area contributed by atoms with Gasteiger partial charge in [-0.25, -0.2) is 0 Å². The third-order valence-corrected chi connectivity index (χ3v) is 5.49. The standard InChI is InChI=1S/C18H27Cl/c1-13-8-9-15(11-14(13)2)12-17(19)16-7-5-6-10-18(16,3)4/h8-9,11,16-17H,5-7,10,12H2,1-4H3. The Balaban J connectivity index is 2.07. The quantitative estimate of drug-likeness (QED) is 0.625. The summed E-state index contributed by atoms with van der Waals surface area (Å²) in [4.78, 5) is 0. The van der Waals surface area contributed by atoms with Crippen LogP contribution in [0.25, 0.3) is 0 Å². The molecule has 0 heterocycles. The van der Waals surface area contributed by atoms with E-state index >= 15 is 0 Å². The van der Waals surface area contributed by atoms with Gasteiger partial charge in [-0.3, -0.25) is 0 Å². The van der Waals surface area contributed by atoms with Crippen LogP contribution in [0.4, 0.5) is 0 Å². The normalized spacial score (nSPS) is 24.2. The van der Waals surface area contributed by atoms with E-state index in [0.717, 1.165) is 6.42 Å². The Morgan fingerprint density at radius 3 is 2.58 bits per heavy atom. The van der Waals surface area contributed by atoms with E-state index in [1.807, 2.05) is 0 Å². The van der Waals surface area contributed by atoms with E-state index in [9.17, 15) is 0 Å². The third-order valence-electron chi connectivity index (χ3n) is 5.03. The summed E-state index contributed by atoms with van der Waals surface area (Å²) in [5.74, 6) is 0.657. The molecule has 0 amide bonds. The summed E-state index contributed by atoms with van der Waals surface area (Å²) in [6, 6.07) is 6.77. The van der Waals surface area contributed by atoms with Crippen molar-refractivity contribution in [3.63, 3.8) is 0 Å². The zero-order chi connectivity index (χ0) is 14.0. The van der Waals surface area contributed by atoms with Crippen LogP contribution >= 0.6 is 11.6 Å². The highest BCUT2D eigenvalue weighted by Crippen LogP contribution is 2.44. The average molecular weight is 279 g/mol. The van der Waals surface area contributed by atoms with Crippen LogP contribution in [0.3, 0.4) is 0 Å². The number of hydrogen-bond acceptors (Lipinski definition) is 0. The largest absolute Gasteiger partial charge is 0.122 e. The first kappa shape index (κ1) is 14.9. The molecule has 2 rings (SSSR count). The van der Waals surface area contributed by atoms with Crippen molar-refractivity contribution in [3.8, 4) is 0 Å².